The molecule has 0 saturated carbocycles. The van der Waals surface area contributed by atoms with Gasteiger partial charge in [0.25, 0.3) is 5.91 Å². The summed E-state index contributed by atoms with van der Waals surface area (Å²) < 4.78 is 38.7. The number of hydrogen-bond donors (Lipinski definition) is 2. The van der Waals surface area contributed by atoms with Crippen LogP contribution in [0.2, 0.25) is 0 Å². The van der Waals surface area contributed by atoms with Crippen molar-refractivity contribution in [2.24, 2.45) is 0 Å². The number of alkyl halides is 3. The van der Waals surface area contributed by atoms with E-state index >= 15 is 0 Å². The molecule has 0 bridgehead atoms. The van der Waals surface area contributed by atoms with Gasteiger partial charge in [-0.25, -0.2) is 4.79 Å². The molecular weight excluding hydrogens is 435 g/mol. The van der Waals surface area contributed by atoms with Crippen LogP contribution in [0.1, 0.15) is 31.8 Å². The van der Waals surface area contributed by atoms with Crippen molar-refractivity contribution < 1.29 is 27.9 Å². The minimum absolute atomic E-state index is 0.0488. The van der Waals surface area contributed by atoms with Gasteiger partial charge in [-0.05, 0) is 48.9 Å². The van der Waals surface area contributed by atoms with Crippen molar-refractivity contribution in [3.63, 3.8) is 0 Å². The Hall–Kier alpha value is -4.27. The molecule has 166 valence electrons. The van der Waals surface area contributed by atoms with Gasteiger partial charge in [0, 0.05) is 34.6 Å². The molecule has 1 amide bonds. The standard InChI is InChI=1S/C24H16F3N3O3/c1-13-3-2-4-18(21(13)19-8-6-16(12-29-19)24(25,26)27)22(31)30-17-7-5-14-9-15(23(32)33)11-28-20(14)10-17/h2-12H,1H3,(H,30,31)(H,32,33). The number of aryl methyl sites for hydroxylation is 1. The van der Waals surface area contributed by atoms with Crippen LogP contribution < -0.4 is 5.32 Å². The topological polar surface area (TPSA) is 92.2 Å². The van der Waals surface area contributed by atoms with Gasteiger partial charge in [0.15, 0.2) is 0 Å². The van der Waals surface area contributed by atoms with Crippen LogP contribution in [-0.4, -0.2) is 27.0 Å². The average molecular weight is 451 g/mol. The van der Waals surface area contributed by atoms with Gasteiger partial charge in [-0.2, -0.15) is 13.2 Å². The van der Waals surface area contributed by atoms with E-state index < -0.39 is 23.6 Å². The number of aromatic carboxylic acids is 1. The maximum atomic E-state index is 13.0. The molecule has 9 heteroatoms. The number of carboxylic acid groups (broad SMARTS) is 1. The second-order valence-corrected chi connectivity index (χ2v) is 7.32. The minimum atomic E-state index is -4.51. The van der Waals surface area contributed by atoms with Gasteiger partial charge in [0.05, 0.1) is 22.3 Å². The van der Waals surface area contributed by atoms with Crippen LogP contribution in [0, 0.1) is 6.92 Å². The Morgan fingerprint density at radius 2 is 1.76 bits per heavy atom. The Morgan fingerprint density at radius 1 is 0.970 bits per heavy atom. The third-order valence-corrected chi connectivity index (χ3v) is 5.05. The molecule has 4 rings (SSSR count). The molecule has 2 heterocycles. The third-order valence-electron chi connectivity index (χ3n) is 5.05. The van der Waals surface area contributed by atoms with Gasteiger partial charge in [-0.15, -0.1) is 0 Å². The number of carboxylic acids is 1. The van der Waals surface area contributed by atoms with Crippen LogP contribution in [0.4, 0.5) is 18.9 Å². The number of rotatable bonds is 4. The molecule has 2 aromatic carbocycles. The van der Waals surface area contributed by atoms with Crippen LogP contribution in [0.3, 0.4) is 0 Å². The summed E-state index contributed by atoms with van der Waals surface area (Å²) in [5.74, 6) is -1.57. The highest BCUT2D eigenvalue weighted by Gasteiger charge is 2.31. The zero-order valence-corrected chi connectivity index (χ0v) is 17.1. The van der Waals surface area contributed by atoms with E-state index in [1.807, 2.05) is 0 Å². The van der Waals surface area contributed by atoms with Gasteiger partial charge in [0.1, 0.15) is 0 Å². The Bertz CT molecular complexity index is 1380. The lowest BCUT2D eigenvalue weighted by molar-refractivity contribution is -0.137. The molecule has 0 atom stereocenters. The van der Waals surface area contributed by atoms with Gasteiger partial charge in [0.2, 0.25) is 0 Å². The lowest BCUT2D eigenvalue weighted by atomic mass is 9.97. The second-order valence-electron chi connectivity index (χ2n) is 7.32. The predicted molar refractivity (Wildman–Crippen MR) is 116 cm³/mol. The molecule has 33 heavy (non-hydrogen) atoms. The van der Waals surface area contributed by atoms with Gasteiger partial charge in [-0.3, -0.25) is 14.8 Å². The number of fused-ring (bicyclic) bond motifs is 1. The Kier molecular flexibility index (Phi) is 5.55. The highest BCUT2D eigenvalue weighted by atomic mass is 19.4. The summed E-state index contributed by atoms with van der Waals surface area (Å²) in [7, 11) is 0. The molecule has 0 aliphatic carbocycles. The summed E-state index contributed by atoms with van der Waals surface area (Å²) in [6, 6.07) is 13.5. The van der Waals surface area contributed by atoms with Crippen LogP contribution in [0.25, 0.3) is 22.2 Å². The van der Waals surface area contributed by atoms with Crippen molar-refractivity contribution in [1.82, 2.24) is 9.97 Å². The molecule has 4 aromatic rings. The molecule has 2 aromatic heterocycles. The van der Waals surface area contributed by atoms with Crippen LogP contribution in [0.5, 0.6) is 0 Å². The number of anilines is 1. The first-order chi connectivity index (χ1) is 15.6. The number of carbonyl (C=O) groups excluding carboxylic acids is 1. The molecular formula is C24H16F3N3O3. The van der Waals surface area contributed by atoms with Crippen LogP contribution >= 0.6 is 0 Å². The zero-order valence-electron chi connectivity index (χ0n) is 17.1. The normalized spacial score (nSPS) is 11.4. The van der Waals surface area contributed by atoms with Crippen molar-refractivity contribution in [2.45, 2.75) is 13.1 Å². The van der Waals surface area contributed by atoms with Crippen molar-refractivity contribution in [3.05, 3.63) is 89.2 Å². The van der Waals surface area contributed by atoms with E-state index in [2.05, 4.69) is 15.3 Å². The SMILES string of the molecule is Cc1cccc(C(=O)Nc2ccc3cc(C(=O)O)cnc3c2)c1-c1ccc(C(F)(F)F)cn1. The van der Waals surface area contributed by atoms with Gasteiger partial charge >= 0.3 is 12.1 Å². The van der Waals surface area contributed by atoms with Crippen molar-refractivity contribution >= 4 is 28.5 Å². The molecule has 6 nitrogen and oxygen atoms in total. The smallest absolute Gasteiger partial charge is 0.417 e. The maximum absolute atomic E-state index is 13.0. The summed E-state index contributed by atoms with van der Waals surface area (Å²) in [6.07, 6.45) is -2.54. The van der Waals surface area contributed by atoms with E-state index in [1.54, 1.807) is 43.3 Å². The number of amides is 1. The number of nitrogens with one attached hydrogen (secondary N) is 1. The Morgan fingerprint density at radius 3 is 2.42 bits per heavy atom. The molecule has 0 unspecified atom stereocenters. The largest absolute Gasteiger partial charge is 0.478 e. The van der Waals surface area contributed by atoms with Gasteiger partial charge < -0.3 is 10.4 Å². The second kappa shape index (κ2) is 8.34. The molecule has 0 fully saturated rings. The summed E-state index contributed by atoms with van der Waals surface area (Å²) in [4.78, 5) is 32.2. The van der Waals surface area contributed by atoms with Crippen molar-refractivity contribution in [2.75, 3.05) is 5.32 Å². The fourth-order valence-electron chi connectivity index (χ4n) is 3.42. The van der Waals surface area contributed by atoms with Crippen molar-refractivity contribution in [1.29, 1.82) is 0 Å². The fourth-order valence-corrected chi connectivity index (χ4v) is 3.42. The first kappa shape index (κ1) is 21.9. The highest BCUT2D eigenvalue weighted by Crippen LogP contribution is 2.32. The lowest BCUT2D eigenvalue weighted by Gasteiger charge is -2.14. The minimum Gasteiger partial charge on any atom is -0.478 e. The van der Waals surface area contributed by atoms with Gasteiger partial charge in [-0.1, -0.05) is 18.2 Å². The number of benzene rings is 2. The molecule has 0 saturated heterocycles. The number of aromatic nitrogens is 2. The lowest BCUT2D eigenvalue weighted by Crippen LogP contribution is -2.14. The van der Waals surface area contributed by atoms with E-state index in [4.69, 9.17) is 5.11 Å². The number of carbonyl (C=O) groups is 2. The number of halogens is 3. The molecule has 0 aliphatic heterocycles. The number of pyridine rings is 2. The van der Waals surface area contributed by atoms with E-state index in [-0.39, 0.29) is 16.8 Å². The monoisotopic (exact) mass is 451 g/mol. The van der Waals surface area contributed by atoms with E-state index in [0.717, 1.165) is 12.3 Å². The average Bonchev–Trinajstić information content (AvgIpc) is 2.78. The number of hydrogen-bond acceptors (Lipinski definition) is 4. The fraction of sp³-hybridized carbons (Fsp3) is 0.0833. The Labute approximate surface area is 185 Å². The summed E-state index contributed by atoms with van der Waals surface area (Å²) in [6.45, 7) is 1.74. The van der Waals surface area contributed by atoms with E-state index in [9.17, 15) is 22.8 Å². The highest BCUT2D eigenvalue weighted by molar-refractivity contribution is 6.09. The number of nitrogens with zero attached hydrogens (tertiary/aromatic N) is 2. The first-order valence-corrected chi connectivity index (χ1v) is 9.71. The van der Waals surface area contributed by atoms with Crippen LogP contribution in [0.15, 0.2) is 67.0 Å². The molecule has 0 spiro atoms. The maximum Gasteiger partial charge on any atom is 0.417 e. The summed E-state index contributed by atoms with van der Waals surface area (Å²) in [5.41, 5.74) is 1.69. The van der Waals surface area contributed by atoms with Crippen LogP contribution in [-0.2, 0) is 6.18 Å². The molecule has 0 aliphatic rings. The summed E-state index contributed by atoms with van der Waals surface area (Å²) >= 11 is 0. The third kappa shape index (κ3) is 4.52. The van der Waals surface area contributed by atoms with E-state index in [1.165, 1.54) is 18.3 Å². The summed E-state index contributed by atoms with van der Waals surface area (Å²) in [5, 5.41) is 12.4. The Balaban J connectivity index is 1.66. The predicted octanol–water partition coefficient (Wildman–Crippen LogP) is 5.57. The van der Waals surface area contributed by atoms with E-state index in [0.29, 0.717) is 27.7 Å². The zero-order chi connectivity index (χ0) is 23.8. The first-order valence-electron chi connectivity index (χ1n) is 9.71. The molecule has 2 N–H and O–H groups in total. The molecule has 0 radical (unpaired) electrons. The van der Waals surface area contributed by atoms with Crippen molar-refractivity contribution in [3.8, 4) is 11.3 Å². The quantitative estimate of drug-likeness (QED) is 0.423.